The number of rotatable bonds is 5. The largest absolute Gasteiger partial charge is 0.342 e. The molecule has 0 aliphatic carbocycles. The molecule has 0 atom stereocenters. The van der Waals surface area contributed by atoms with E-state index in [1.54, 1.807) is 13.0 Å². The Labute approximate surface area is 163 Å². The molecule has 1 aromatic heterocycles. The van der Waals surface area contributed by atoms with Gasteiger partial charge in [-0.2, -0.15) is 0 Å². The summed E-state index contributed by atoms with van der Waals surface area (Å²) < 4.78 is 0.783. The second-order valence-electron chi connectivity index (χ2n) is 5.51. The number of amides is 2. The predicted molar refractivity (Wildman–Crippen MR) is 107 cm³/mol. The Bertz CT molecular complexity index is 941. The van der Waals surface area contributed by atoms with Gasteiger partial charge in [0.1, 0.15) is 9.88 Å². The van der Waals surface area contributed by atoms with E-state index in [0.717, 1.165) is 15.0 Å². The van der Waals surface area contributed by atoms with Gasteiger partial charge in [-0.05, 0) is 35.0 Å². The zero-order valence-electron chi connectivity index (χ0n) is 14.0. The fourth-order valence-electron chi connectivity index (χ4n) is 2.31. The molecule has 3 rings (SSSR count). The Kier molecular flexibility index (Phi) is 5.80. The van der Waals surface area contributed by atoms with Gasteiger partial charge in [-0.3, -0.25) is 9.59 Å². The van der Waals surface area contributed by atoms with E-state index in [9.17, 15) is 9.59 Å². The Morgan fingerprint density at radius 2 is 1.77 bits per heavy atom. The summed E-state index contributed by atoms with van der Waals surface area (Å²) in [6.45, 7) is 1.68. The van der Waals surface area contributed by atoms with Crippen LogP contribution in [0.4, 0.5) is 5.69 Å². The van der Waals surface area contributed by atoms with Crippen molar-refractivity contribution in [1.82, 2.24) is 10.3 Å². The number of aryl methyl sites for hydroxylation is 1. The SMILES string of the molecule is Cc1nc(-c2ccccc2)sc1C(=O)NCC(=O)Nc1ccccc1Br. The minimum atomic E-state index is -0.301. The summed E-state index contributed by atoms with van der Waals surface area (Å²) >= 11 is 4.68. The summed E-state index contributed by atoms with van der Waals surface area (Å²) in [5.41, 5.74) is 2.27. The summed E-state index contributed by atoms with van der Waals surface area (Å²) in [5, 5.41) is 6.18. The Morgan fingerprint density at radius 3 is 2.50 bits per heavy atom. The van der Waals surface area contributed by atoms with E-state index in [1.807, 2.05) is 48.5 Å². The summed E-state index contributed by atoms with van der Waals surface area (Å²) in [7, 11) is 0. The molecule has 0 aliphatic heterocycles. The molecule has 132 valence electrons. The second kappa shape index (κ2) is 8.25. The number of carbonyl (C=O) groups is 2. The van der Waals surface area contributed by atoms with E-state index >= 15 is 0 Å². The lowest BCUT2D eigenvalue weighted by Crippen LogP contribution is -2.32. The Hall–Kier alpha value is -2.51. The van der Waals surface area contributed by atoms with Crippen molar-refractivity contribution in [2.45, 2.75) is 6.92 Å². The van der Waals surface area contributed by atoms with Crippen molar-refractivity contribution >= 4 is 44.8 Å². The molecule has 5 nitrogen and oxygen atoms in total. The van der Waals surface area contributed by atoms with Crippen LogP contribution < -0.4 is 10.6 Å². The number of anilines is 1. The zero-order chi connectivity index (χ0) is 18.5. The molecule has 0 saturated carbocycles. The third kappa shape index (κ3) is 4.36. The average molecular weight is 430 g/mol. The Balaban J connectivity index is 1.63. The van der Waals surface area contributed by atoms with Crippen LogP contribution in [0.25, 0.3) is 10.6 Å². The van der Waals surface area contributed by atoms with Gasteiger partial charge < -0.3 is 10.6 Å². The minimum Gasteiger partial charge on any atom is -0.342 e. The maximum atomic E-state index is 12.4. The van der Waals surface area contributed by atoms with Gasteiger partial charge in [0.2, 0.25) is 5.91 Å². The van der Waals surface area contributed by atoms with Crippen LogP contribution in [0.3, 0.4) is 0 Å². The monoisotopic (exact) mass is 429 g/mol. The average Bonchev–Trinajstić information content (AvgIpc) is 3.04. The molecule has 2 amide bonds. The van der Waals surface area contributed by atoms with Crippen molar-refractivity contribution in [3.05, 3.63) is 69.6 Å². The molecule has 2 N–H and O–H groups in total. The van der Waals surface area contributed by atoms with Gasteiger partial charge in [0.25, 0.3) is 5.91 Å². The van der Waals surface area contributed by atoms with E-state index in [4.69, 9.17) is 0 Å². The van der Waals surface area contributed by atoms with E-state index in [2.05, 4.69) is 31.5 Å². The highest BCUT2D eigenvalue weighted by molar-refractivity contribution is 9.10. The van der Waals surface area contributed by atoms with E-state index in [1.165, 1.54) is 11.3 Å². The number of nitrogens with zero attached hydrogens (tertiary/aromatic N) is 1. The van der Waals surface area contributed by atoms with Crippen LogP contribution in [0.15, 0.2) is 59.1 Å². The quantitative estimate of drug-likeness (QED) is 0.636. The third-order valence-electron chi connectivity index (χ3n) is 3.58. The molecule has 3 aromatic rings. The van der Waals surface area contributed by atoms with Crippen molar-refractivity contribution in [2.24, 2.45) is 0 Å². The molecule has 26 heavy (non-hydrogen) atoms. The van der Waals surface area contributed by atoms with Crippen LogP contribution in [0, 0.1) is 6.92 Å². The number of halogens is 1. The van der Waals surface area contributed by atoms with Gasteiger partial charge in [0, 0.05) is 10.0 Å². The molecule has 0 radical (unpaired) electrons. The molecular weight excluding hydrogens is 414 g/mol. The van der Waals surface area contributed by atoms with Crippen molar-refractivity contribution in [1.29, 1.82) is 0 Å². The van der Waals surface area contributed by atoms with Crippen molar-refractivity contribution in [3.8, 4) is 10.6 Å². The van der Waals surface area contributed by atoms with Gasteiger partial charge in [-0.25, -0.2) is 4.98 Å². The standard InChI is InChI=1S/C19H16BrN3O2S/c1-12-17(26-19(22-12)13-7-3-2-4-8-13)18(25)21-11-16(24)23-15-10-6-5-9-14(15)20/h2-10H,11H2,1H3,(H,21,25)(H,23,24). The lowest BCUT2D eigenvalue weighted by atomic mass is 10.2. The number of hydrogen-bond donors (Lipinski definition) is 2. The molecule has 0 unspecified atom stereocenters. The maximum absolute atomic E-state index is 12.4. The number of hydrogen-bond acceptors (Lipinski definition) is 4. The highest BCUT2D eigenvalue weighted by Crippen LogP contribution is 2.27. The lowest BCUT2D eigenvalue weighted by Gasteiger charge is -2.08. The van der Waals surface area contributed by atoms with E-state index < -0.39 is 0 Å². The van der Waals surface area contributed by atoms with Crippen LogP contribution in [-0.4, -0.2) is 23.3 Å². The molecule has 1 heterocycles. The van der Waals surface area contributed by atoms with Crippen LogP contribution in [0.5, 0.6) is 0 Å². The fourth-order valence-corrected chi connectivity index (χ4v) is 3.68. The molecule has 0 bridgehead atoms. The van der Waals surface area contributed by atoms with E-state index in [-0.39, 0.29) is 18.4 Å². The molecule has 2 aromatic carbocycles. The highest BCUT2D eigenvalue weighted by Gasteiger charge is 2.17. The van der Waals surface area contributed by atoms with Gasteiger partial charge in [-0.15, -0.1) is 11.3 Å². The first-order valence-electron chi connectivity index (χ1n) is 7.90. The minimum absolute atomic E-state index is 0.113. The van der Waals surface area contributed by atoms with Gasteiger partial charge in [0.05, 0.1) is 17.9 Å². The normalized spacial score (nSPS) is 10.4. The topological polar surface area (TPSA) is 71.1 Å². The first-order valence-corrected chi connectivity index (χ1v) is 9.51. The fraction of sp³-hybridized carbons (Fsp3) is 0.105. The molecule has 0 spiro atoms. The summed E-state index contributed by atoms with van der Waals surface area (Å²) in [6, 6.07) is 17.0. The van der Waals surface area contributed by atoms with Gasteiger partial charge >= 0.3 is 0 Å². The van der Waals surface area contributed by atoms with Crippen LogP contribution >= 0.6 is 27.3 Å². The van der Waals surface area contributed by atoms with Crippen molar-refractivity contribution in [2.75, 3.05) is 11.9 Å². The summed E-state index contributed by atoms with van der Waals surface area (Å²) in [5.74, 6) is -0.597. The summed E-state index contributed by atoms with van der Waals surface area (Å²) in [6.07, 6.45) is 0. The third-order valence-corrected chi connectivity index (χ3v) is 5.48. The zero-order valence-corrected chi connectivity index (χ0v) is 16.4. The number of para-hydroxylation sites is 1. The number of carbonyl (C=O) groups excluding carboxylic acids is 2. The lowest BCUT2D eigenvalue weighted by molar-refractivity contribution is -0.115. The molecular formula is C19H16BrN3O2S. The van der Waals surface area contributed by atoms with E-state index in [0.29, 0.717) is 16.3 Å². The van der Waals surface area contributed by atoms with Crippen molar-refractivity contribution < 1.29 is 9.59 Å². The number of aromatic nitrogens is 1. The summed E-state index contributed by atoms with van der Waals surface area (Å²) in [4.78, 5) is 29.4. The first kappa shape index (κ1) is 18.3. The van der Waals surface area contributed by atoms with Gasteiger partial charge in [-0.1, -0.05) is 42.5 Å². The molecule has 7 heteroatoms. The molecule has 0 saturated heterocycles. The molecule has 0 aliphatic rings. The second-order valence-corrected chi connectivity index (χ2v) is 7.36. The Morgan fingerprint density at radius 1 is 1.08 bits per heavy atom. The first-order chi connectivity index (χ1) is 12.5. The van der Waals surface area contributed by atoms with Gasteiger partial charge in [0.15, 0.2) is 0 Å². The molecule has 0 fully saturated rings. The van der Waals surface area contributed by atoms with Crippen LogP contribution in [-0.2, 0) is 4.79 Å². The van der Waals surface area contributed by atoms with Crippen LogP contribution in [0.1, 0.15) is 15.4 Å². The number of nitrogens with one attached hydrogen (secondary N) is 2. The number of thiazole rings is 1. The highest BCUT2D eigenvalue weighted by atomic mass is 79.9. The predicted octanol–water partition coefficient (Wildman–Crippen LogP) is 4.25. The van der Waals surface area contributed by atoms with Crippen molar-refractivity contribution in [3.63, 3.8) is 0 Å². The smallest absolute Gasteiger partial charge is 0.263 e. The van der Waals surface area contributed by atoms with Crippen LogP contribution in [0.2, 0.25) is 0 Å². The maximum Gasteiger partial charge on any atom is 0.263 e. The number of benzene rings is 2.